The Hall–Kier alpha value is -3.38. The number of nitrogens with one attached hydrogen (secondary N) is 1. The molecular weight excluding hydrogens is 610 g/mol. The zero-order chi connectivity index (χ0) is 34.4. The number of rotatable bonds is 18. The van der Waals surface area contributed by atoms with Gasteiger partial charge in [-0.3, -0.25) is 9.78 Å². The number of hydrogen-bond acceptors (Lipinski definition) is 9. The van der Waals surface area contributed by atoms with Gasteiger partial charge in [-0.2, -0.15) is 0 Å². The van der Waals surface area contributed by atoms with Crippen LogP contribution in [0.5, 0.6) is 5.75 Å². The molecule has 2 aliphatic carbocycles. The number of benzene rings is 2. The third-order valence-electron chi connectivity index (χ3n) is 9.79. The second-order valence-corrected chi connectivity index (χ2v) is 13.7. The Morgan fingerprint density at radius 1 is 0.979 bits per heavy atom. The Balaban J connectivity index is 1.13. The van der Waals surface area contributed by atoms with Crippen LogP contribution in [0.3, 0.4) is 0 Å². The smallest absolute Gasteiger partial charge is 0.222 e. The molecule has 48 heavy (non-hydrogen) atoms. The largest absolute Gasteiger partial charge is 0.490 e. The van der Waals surface area contributed by atoms with Gasteiger partial charge in [0.2, 0.25) is 5.91 Å². The van der Waals surface area contributed by atoms with E-state index in [4.69, 9.17) is 9.84 Å². The Morgan fingerprint density at radius 2 is 1.67 bits per heavy atom. The molecule has 260 valence electrons. The van der Waals surface area contributed by atoms with Crippen molar-refractivity contribution in [3.05, 3.63) is 82.7 Å². The number of aliphatic hydroxyl groups excluding tert-OH is 5. The van der Waals surface area contributed by atoms with Gasteiger partial charge in [-0.15, -0.1) is 0 Å². The summed E-state index contributed by atoms with van der Waals surface area (Å²) in [6, 6.07) is 14.9. The van der Waals surface area contributed by atoms with E-state index in [2.05, 4.69) is 60.5 Å². The van der Waals surface area contributed by atoms with Gasteiger partial charge in [0.1, 0.15) is 30.2 Å². The number of carbonyl (C=O) groups excluding carboxylic acids is 1. The van der Waals surface area contributed by atoms with Crippen LogP contribution in [0.1, 0.15) is 72.8 Å². The number of unbranched alkanes of at least 4 members (excludes halogenated alkanes) is 1. The maximum absolute atomic E-state index is 12.6. The molecule has 0 saturated heterocycles. The fourth-order valence-corrected chi connectivity index (χ4v) is 6.33. The number of aromatic nitrogens is 1. The Labute approximate surface area is 283 Å². The molecule has 3 aromatic rings. The van der Waals surface area contributed by atoms with E-state index in [9.17, 15) is 25.2 Å². The van der Waals surface area contributed by atoms with Crippen LogP contribution in [0.15, 0.2) is 54.9 Å². The predicted octanol–water partition coefficient (Wildman–Crippen LogP) is 3.29. The van der Waals surface area contributed by atoms with Crippen LogP contribution >= 0.6 is 0 Å². The Kier molecular flexibility index (Phi) is 11.9. The topological polar surface area (TPSA) is 156 Å². The number of nitrogens with zero attached hydrogens (tertiary/aromatic N) is 2. The summed E-state index contributed by atoms with van der Waals surface area (Å²) < 4.78 is 6.27. The molecule has 2 aliphatic rings. The van der Waals surface area contributed by atoms with Crippen LogP contribution in [0.25, 0.3) is 11.1 Å². The molecular formula is C38H51N3O7. The van der Waals surface area contributed by atoms with Gasteiger partial charge in [-0.25, -0.2) is 0 Å². The number of amides is 1. The quantitative estimate of drug-likeness (QED) is 0.113. The van der Waals surface area contributed by atoms with Gasteiger partial charge < -0.3 is 40.5 Å². The summed E-state index contributed by atoms with van der Waals surface area (Å²) in [5.74, 6) is 0.755. The first-order valence-corrected chi connectivity index (χ1v) is 17.1. The van der Waals surface area contributed by atoms with E-state index in [1.54, 1.807) is 0 Å². The third kappa shape index (κ3) is 8.80. The van der Waals surface area contributed by atoms with E-state index in [0.29, 0.717) is 12.5 Å². The molecule has 1 heterocycles. The van der Waals surface area contributed by atoms with E-state index in [1.165, 1.54) is 45.3 Å². The van der Waals surface area contributed by atoms with Crippen LogP contribution in [0.2, 0.25) is 0 Å². The van der Waals surface area contributed by atoms with Crippen molar-refractivity contribution in [2.75, 3.05) is 20.2 Å². The zero-order valence-corrected chi connectivity index (χ0v) is 28.3. The second-order valence-electron chi connectivity index (χ2n) is 13.7. The van der Waals surface area contributed by atoms with Crippen molar-refractivity contribution >= 4 is 5.91 Å². The minimum absolute atomic E-state index is 0.121. The lowest BCUT2D eigenvalue weighted by atomic mass is 9.93. The third-order valence-corrected chi connectivity index (χ3v) is 9.79. The summed E-state index contributed by atoms with van der Waals surface area (Å²) in [7, 11) is 1.52. The number of pyridine rings is 1. The van der Waals surface area contributed by atoms with Crippen LogP contribution in [0, 0.1) is 13.8 Å². The molecule has 0 bridgehead atoms. The Bertz CT molecular complexity index is 1540. The molecule has 2 aromatic carbocycles. The van der Waals surface area contributed by atoms with E-state index in [1.807, 2.05) is 18.5 Å². The van der Waals surface area contributed by atoms with Gasteiger partial charge >= 0.3 is 0 Å². The van der Waals surface area contributed by atoms with Crippen LogP contribution in [-0.2, 0) is 23.3 Å². The average Bonchev–Trinajstić information content (AvgIpc) is 4.04. The monoisotopic (exact) mass is 661 g/mol. The summed E-state index contributed by atoms with van der Waals surface area (Å²) in [5, 5.41) is 52.3. The fourth-order valence-electron chi connectivity index (χ4n) is 6.33. The van der Waals surface area contributed by atoms with Crippen molar-refractivity contribution in [3.8, 4) is 16.9 Å². The highest BCUT2D eigenvalue weighted by atomic mass is 16.5. The van der Waals surface area contributed by atoms with E-state index in [-0.39, 0.29) is 24.4 Å². The van der Waals surface area contributed by atoms with E-state index >= 15 is 0 Å². The number of hydrogen-bond donors (Lipinski definition) is 6. The van der Waals surface area contributed by atoms with Crippen molar-refractivity contribution in [1.82, 2.24) is 15.2 Å². The molecule has 0 spiro atoms. The zero-order valence-electron chi connectivity index (χ0n) is 28.3. The molecule has 1 aromatic heterocycles. The maximum atomic E-state index is 12.6. The molecule has 6 N–H and O–H groups in total. The first kappa shape index (κ1) is 35.9. The normalized spacial score (nSPS) is 17.8. The van der Waals surface area contributed by atoms with Gasteiger partial charge in [0.15, 0.2) is 0 Å². The first-order chi connectivity index (χ1) is 23.0. The summed E-state index contributed by atoms with van der Waals surface area (Å²) in [5.41, 5.74) is 8.35. The van der Waals surface area contributed by atoms with Gasteiger partial charge in [0.05, 0.1) is 12.7 Å². The van der Waals surface area contributed by atoms with Crippen molar-refractivity contribution < 1.29 is 35.1 Å². The number of aryl methyl sites for hydroxylation is 3. The molecule has 5 rings (SSSR count). The number of ether oxygens (including phenoxy) is 1. The van der Waals surface area contributed by atoms with Crippen LogP contribution in [-0.4, -0.2) is 92.0 Å². The highest BCUT2D eigenvalue weighted by Crippen LogP contribution is 2.50. The van der Waals surface area contributed by atoms with E-state index in [0.717, 1.165) is 56.4 Å². The lowest BCUT2D eigenvalue weighted by molar-refractivity contribution is -0.138. The summed E-state index contributed by atoms with van der Waals surface area (Å²) in [6.07, 6.45) is 4.70. The predicted molar refractivity (Wildman–Crippen MR) is 183 cm³/mol. The highest BCUT2D eigenvalue weighted by molar-refractivity contribution is 5.76. The fraction of sp³-hybridized carbons (Fsp3) is 0.526. The summed E-state index contributed by atoms with van der Waals surface area (Å²) in [6.45, 7) is 4.08. The molecule has 4 atom stereocenters. The number of likely N-dealkylation sites (N-methyl/N-ethyl adjacent to an activating group) is 1. The van der Waals surface area contributed by atoms with Gasteiger partial charge in [-0.05, 0) is 104 Å². The second kappa shape index (κ2) is 15.9. The van der Waals surface area contributed by atoms with Crippen molar-refractivity contribution in [3.63, 3.8) is 0 Å². The van der Waals surface area contributed by atoms with Crippen molar-refractivity contribution in [2.24, 2.45) is 0 Å². The summed E-state index contributed by atoms with van der Waals surface area (Å²) >= 11 is 0. The minimum Gasteiger partial charge on any atom is -0.490 e. The number of aliphatic hydroxyl groups is 5. The van der Waals surface area contributed by atoms with Crippen LogP contribution < -0.4 is 10.1 Å². The average molecular weight is 662 g/mol. The van der Waals surface area contributed by atoms with Crippen LogP contribution in [0.4, 0.5) is 0 Å². The lowest BCUT2D eigenvalue weighted by Crippen LogP contribution is -2.49. The van der Waals surface area contributed by atoms with Crippen molar-refractivity contribution in [1.29, 1.82) is 0 Å². The molecule has 4 unspecified atom stereocenters. The molecule has 1 amide bonds. The minimum atomic E-state index is -1.72. The molecule has 2 saturated carbocycles. The van der Waals surface area contributed by atoms with Crippen molar-refractivity contribution in [2.45, 2.75) is 108 Å². The SMILES string of the molecule is Cc1cc(CNC2(c3cnccc3-c3ccccc3OC3CC3)CC2)c(C)cc1CCCCC(=O)N(C)CC(O)C(O)C(O)C(O)CO. The Morgan fingerprint density at radius 3 is 2.38 bits per heavy atom. The molecule has 2 fully saturated rings. The highest BCUT2D eigenvalue weighted by Gasteiger charge is 2.46. The molecule has 0 aliphatic heterocycles. The molecule has 10 nitrogen and oxygen atoms in total. The molecule has 10 heteroatoms. The maximum Gasteiger partial charge on any atom is 0.222 e. The first-order valence-electron chi connectivity index (χ1n) is 17.1. The van der Waals surface area contributed by atoms with E-state index < -0.39 is 31.0 Å². The van der Waals surface area contributed by atoms with Gasteiger partial charge in [-0.1, -0.05) is 30.3 Å². The standard InChI is InChI=1S/C38H51N3O7/c1-24-19-27(25(2)18-26(24)8-4-7-11-35(45)41(3)22-32(43)36(46)37(47)33(44)23-42)20-40-38(15-16-38)31-21-39-17-14-29(31)30-9-5-6-10-34(30)48-28-12-13-28/h5-6,9-10,14,17-19,21,28,32-33,36-37,40,42-44,46-47H,4,7-8,11-13,15-16,20,22-23H2,1-3H3. The number of para-hydroxylation sites is 1. The number of carbonyl (C=O) groups is 1. The lowest BCUT2D eigenvalue weighted by Gasteiger charge is -2.28. The summed E-state index contributed by atoms with van der Waals surface area (Å²) in [4.78, 5) is 18.5. The van der Waals surface area contributed by atoms with Gasteiger partial charge in [0.25, 0.3) is 0 Å². The molecule has 0 radical (unpaired) electrons. The van der Waals surface area contributed by atoms with Gasteiger partial charge in [0, 0.05) is 50.1 Å².